The van der Waals surface area contributed by atoms with Gasteiger partial charge in [-0.2, -0.15) is 0 Å². The van der Waals surface area contributed by atoms with Crippen LogP contribution in [-0.2, 0) is 6.54 Å². The molecule has 2 aromatic carbocycles. The summed E-state index contributed by atoms with van der Waals surface area (Å²) in [5.41, 5.74) is 8.84. The van der Waals surface area contributed by atoms with Crippen LogP contribution in [0, 0.1) is 0 Å². The largest absolute Gasteiger partial charge is 0.398 e. The molecular formula is C13H12Br2N2. The number of anilines is 2. The van der Waals surface area contributed by atoms with Crippen molar-refractivity contribution in [3.8, 4) is 0 Å². The molecule has 0 aliphatic heterocycles. The quantitative estimate of drug-likeness (QED) is 0.800. The Labute approximate surface area is 117 Å². The van der Waals surface area contributed by atoms with E-state index in [0.717, 1.165) is 25.9 Å². The van der Waals surface area contributed by atoms with Gasteiger partial charge in [0, 0.05) is 26.9 Å². The van der Waals surface area contributed by atoms with Crippen molar-refractivity contribution >= 4 is 43.2 Å². The number of nitrogen functional groups attached to an aromatic ring is 1. The summed E-state index contributed by atoms with van der Waals surface area (Å²) >= 11 is 6.96. The van der Waals surface area contributed by atoms with Gasteiger partial charge in [0.25, 0.3) is 0 Å². The van der Waals surface area contributed by atoms with E-state index in [2.05, 4.69) is 37.2 Å². The van der Waals surface area contributed by atoms with Crippen LogP contribution in [0.25, 0.3) is 0 Å². The Balaban J connectivity index is 2.12. The highest BCUT2D eigenvalue weighted by Gasteiger charge is 2.02. The van der Waals surface area contributed by atoms with Crippen LogP contribution in [-0.4, -0.2) is 0 Å². The summed E-state index contributed by atoms with van der Waals surface area (Å²) in [6.07, 6.45) is 0. The zero-order chi connectivity index (χ0) is 12.3. The van der Waals surface area contributed by atoms with Gasteiger partial charge in [0.15, 0.2) is 0 Å². The molecule has 0 amide bonds. The van der Waals surface area contributed by atoms with Gasteiger partial charge in [0.05, 0.1) is 0 Å². The van der Waals surface area contributed by atoms with Crippen molar-refractivity contribution in [2.24, 2.45) is 0 Å². The van der Waals surface area contributed by atoms with Crippen LogP contribution < -0.4 is 11.1 Å². The van der Waals surface area contributed by atoms with Crippen molar-refractivity contribution in [3.05, 3.63) is 57.0 Å². The van der Waals surface area contributed by atoms with Crippen LogP contribution in [0.15, 0.2) is 51.4 Å². The maximum atomic E-state index is 5.89. The average molecular weight is 356 g/mol. The Hall–Kier alpha value is -1.000. The second kappa shape index (κ2) is 5.56. The molecule has 3 N–H and O–H groups in total. The van der Waals surface area contributed by atoms with Crippen molar-refractivity contribution in [3.63, 3.8) is 0 Å². The van der Waals surface area contributed by atoms with Gasteiger partial charge in [0.1, 0.15) is 0 Å². The summed E-state index contributed by atoms with van der Waals surface area (Å²) in [5, 5.41) is 3.35. The molecule has 0 aromatic heterocycles. The Morgan fingerprint density at radius 3 is 2.59 bits per heavy atom. The number of halogens is 2. The summed E-state index contributed by atoms with van der Waals surface area (Å²) < 4.78 is 2.08. The summed E-state index contributed by atoms with van der Waals surface area (Å²) in [7, 11) is 0. The highest BCUT2D eigenvalue weighted by Crippen LogP contribution is 2.27. The van der Waals surface area contributed by atoms with Gasteiger partial charge >= 0.3 is 0 Å². The molecule has 0 unspecified atom stereocenters. The SMILES string of the molecule is Nc1ccccc1CNc1cc(Br)ccc1Br. The molecule has 0 heterocycles. The molecule has 2 nitrogen and oxygen atoms in total. The van der Waals surface area contributed by atoms with E-state index in [-0.39, 0.29) is 0 Å². The summed E-state index contributed by atoms with van der Waals surface area (Å²) in [6, 6.07) is 13.9. The lowest BCUT2D eigenvalue weighted by atomic mass is 10.2. The third kappa shape index (κ3) is 3.23. The number of nitrogens with two attached hydrogens (primary N) is 1. The first-order chi connectivity index (χ1) is 8.16. The zero-order valence-corrected chi connectivity index (χ0v) is 12.3. The van der Waals surface area contributed by atoms with Gasteiger partial charge in [0.2, 0.25) is 0 Å². The van der Waals surface area contributed by atoms with Gasteiger partial charge in [-0.15, -0.1) is 0 Å². The lowest BCUT2D eigenvalue weighted by Gasteiger charge is -2.10. The number of para-hydroxylation sites is 1. The van der Waals surface area contributed by atoms with Gasteiger partial charge in [-0.3, -0.25) is 0 Å². The van der Waals surface area contributed by atoms with E-state index in [9.17, 15) is 0 Å². The lowest BCUT2D eigenvalue weighted by molar-refractivity contribution is 1.15. The number of nitrogens with one attached hydrogen (secondary N) is 1. The Kier molecular flexibility index (Phi) is 4.07. The monoisotopic (exact) mass is 354 g/mol. The minimum Gasteiger partial charge on any atom is -0.398 e. The van der Waals surface area contributed by atoms with Crippen LogP contribution in [0.2, 0.25) is 0 Å². The summed E-state index contributed by atoms with van der Waals surface area (Å²) in [6.45, 7) is 0.710. The molecule has 0 atom stereocenters. The Morgan fingerprint density at radius 2 is 1.82 bits per heavy atom. The normalized spacial score (nSPS) is 10.2. The zero-order valence-electron chi connectivity index (χ0n) is 9.08. The van der Waals surface area contributed by atoms with Crippen molar-refractivity contribution in [1.82, 2.24) is 0 Å². The standard InChI is InChI=1S/C13H12Br2N2/c14-10-5-6-11(15)13(7-10)17-8-9-3-1-2-4-12(9)16/h1-7,17H,8,16H2. The maximum absolute atomic E-state index is 5.89. The lowest BCUT2D eigenvalue weighted by Crippen LogP contribution is -2.03. The van der Waals surface area contributed by atoms with E-state index in [1.807, 2.05) is 42.5 Å². The van der Waals surface area contributed by atoms with Crippen molar-refractivity contribution in [1.29, 1.82) is 0 Å². The molecule has 88 valence electrons. The van der Waals surface area contributed by atoms with Crippen LogP contribution >= 0.6 is 31.9 Å². The molecule has 17 heavy (non-hydrogen) atoms. The highest BCUT2D eigenvalue weighted by atomic mass is 79.9. The smallest absolute Gasteiger partial charge is 0.0498 e. The molecule has 0 radical (unpaired) electrons. The molecule has 0 bridgehead atoms. The Morgan fingerprint density at radius 1 is 1.06 bits per heavy atom. The molecule has 2 rings (SSSR count). The number of hydrogen-bond donors (Lipinski definition) is 2. The fourth-order valence-electron chi connectivity index (χ4n) is 1.52. The third-order valence-corrected chi connectivity index (χ3v) is 3.64. The predicted octanol–water partition coefficient (Wildman–Crippen LogP) is 4.41. The van der Waals surface area contributed by atoms with Gasteiger partial charge in [-0.05, 0) is 45.8 Å². The second-order valence-electron chi connectivity index (χ2n) is 3.68. The first-order valence-corrected chi connectivity index (χ1v) is 6.78. The highest BCUT2D eigenvalue weighted by molar-refractivity contribution is 9.11. The molecule has 2 aromatic rings. The molecule has 0 saturated heterocycles. The minimum atomic E-state index is 0.710. The van der Waals surface area contributed by atoms with E-state index >= 15 is 0 Å². The fraction of sp³-hybridized carbons (Fsp3) is 0.0769. The van der Waals surface area contributed by atoms with Crippen molar-refractivity contribution in [2.75, 3.05) is 11.1 Å². The first-order valence-electron chi connectivity index (χ1n) is 5.19. The molecule has 0 saturated carbocycles. The molecule has 0 aliphatic carbocycles. The number of benzene rings is 2. The summed E-state index contributed by atoms with van der Waals surface area (Å²) in [4.78, 5) is 0. The molecule has 0 fully saturated rings. The van der Waals surface area contributed by atoms with E-state index in [1.165, 1.54) is 0 Å². The molecule has 0 spiro atoms. The van der Waals surface area contributed by atoms with E-state index in [0.29, 0.717) is 6.54 Å². The first kappa shape index (κ1) is 12.5. The second-order valence-corrected chi connectivity index (χ2v) is 5.45. The number of hydrogen-bond acceptors (Lipinski definition) is 2. The van der Waals surface area contributed by atoms with Crippen LogP contribution in [0.3, 0.4) is 0 Å². The van der Waals surface area contributed by atoms with Gasteiger partial charge < -0.3 is 11.1 Å². The van der Waals surface area contributed by atoms with E-state index in [1.54, 1.807) is 0 Å². The molecule has 0 aliphatic rings. The fourth-order valence-corrected chi connectivity index (χ4v) is 2.27. The Bertz CT molecular complexity index is 527. The molecular weight excluding hydrogens is 344 g/mol. The van der Waals surface area contributed by atoms with Crippen molar-refractivity contribution in [2.45, 2.75) is 6.54 Å². The van der Waals surface area contributed by atoms with Gasteiger partial charge in [-0.1, -0.05) is 34.1 Å². The van der Waals surface area contributed by atoms with Crippen molar-refractivity contribution < 1.29 is 0 Å². The van der Waals surface area contributed by atoms with Crippen LogP contribution in [0.4, 0.5) is 11.4 Å². The maximum Gasteiger partial charge on any atom is 0.0498 e. The van der Waals surface area contributed by atoms with Crippen LogP contribution in [0.1, 0.15) is 5.56 Å². The topological polar surface area (TPSA) is 38.0 Å². The number of rotatable bonds is 3. The minimum absolute atomic E-state index is 0.710. The average Bonchev–Trinajstić information content (AvgIpc) is 2.32. The summed E-state index contributed by atoms with van der Waals surface area (Å²) in [5.74, 6) is 0. The van der Waals surface area contributed by atoms with E-state index < -0.39 is 0 Å². The predicted molar refractivity (Wildman–Crippen MR) is 80.0 cm³/mol. The molecule has 4 heteroatoms. The van der Waals surface area contributed by atoms with Gasteiger partial charge in [-0.25, -0.2) is 0 Å². The van der Waals surface area contributed by atoms with E-state index in [4.69, 9.17) is 5.73 Å². The van der Waals surface area contributed by atoms with Crippen LogP contribution in [0.5, 0.6) is 0 Å². The third-order valence-electron chi connectivity index (χ3n) is 2.45.